The molecule has 3 nitrogen and oxygen atoms in total. The average Bonchev–Trinajstić information content (AvgIpc) is 2.64. The number of benzene rings is 1. The number of thiazole rings is 1. The zero-order valence-electron chi connectivity index (χ0n) is 8.70. The Bertz CT molecular complexity index is 597. The molecule has 2 aromatic rings. The van der Waals surface area contributed by atoms with Crippen molar-refractivity contribution in [2.75, 3.05) is 0 Å². The number of aryl methyl sites for hydroxylation is 1. The van der Waals surface area contributed by atoms with Crippen molar-refractivity contribution in [3.63, 3.8) is 0 Å². The largest absolute Gasteiger partial charge is 0.476 e. The summed E-state index contributed by atoms with van der Waals surface area (Å²) in [5, 5.41) is 10.3. The molecule has 0 amide bonds. The van der Waals surface area contributed by atoms with Crippen LogP contribution in [-0.2, 0) is 0 Å². The van der Waals surface area contributed by atoms with E-state index in [1.165, 1.54) is 11.3 Å². The van der Waals surface area contributed by atoms with Gasteiger partial charge in [0.05, 0.1) is 14.9 Å². The van der Waals surface area contributed by atoms with E-state index in [0.29, 0.717) is 9.90 Å². The number of aromatic carboxylic acids is 1. The number of halogens is 2. The molecule has 1 aromatic heterocycles. The van der Waals surface area contributed by atoms with E-state index in [1.807, 2.05) is 6.07 Å². The molecule has 2 rings (SSSR count). The van der Waals surface area contributed by atoms with Crippen LogP contribution in [0.5, 0.6) is 0 Å². The van der Waals surface area contributed by atoms with E-state index in [1.54, 1.807) is 19.1 Å². The third-order valence-corrected chi connectivity index (χ3v) is 4.37. The van der Waals surface area contributed by atoms with Crippen molar-refractivity contribution < 1.29 is 9.90 Å². The second-order valence-corrected chi connectivity index (χ2v) is 5.81. The highest BCUT2D eigenvalue weighted by atomic mass is 79.9. The highest BCUT2D eigenvalue weighted by molar-refractivity contribution is 9.10. The topological polar surface area (TPSA) is 50.2 Å². The fourth-order valence-corrected chi connectivity index (χ4v) is 2.74. The van der Waals surface area contributed by atoms with Gasteiger partial charge in [-0.1, -0.05) is 17.7 Å². The first-order valence-electron chi connectivity index (χ1n) is 4.65. The summed E-state index contributed by atoms with van der Waals surface area (Å²) in [5.74, 6) is -1.02. The predicted molar refractivity (Wildman–Crippen MR) is 72.0 cm³/mol. The molecule has 0 radical (unpaired) electrons. The van der Waals surface area contributed by atoms with E-state index in [0.717, 1.165) is 15.0 Å². The lowest BCUT2D eigenvalue weighted by atomic mass is 10.1. The second kappa shape index (κ2) is 4.76. The van der Waals surface area contributed by atoms with Gasteiger partial charge in [0.2, 0.25) is 0 Å². The van der Waals surface area contributed by atoms with Crippen LogP contribution < -0.4 is 0 Å². The lowest BCUT2D eigenvalue weighted by Gasteiger charge is -2.01. The Labute approximate surface area is 115 Å². The van der Waals surface area contributed by atoms with Gasteiger partial charge < -0.3 is 5.11 Å². The van der Waals surface area contributed by atoms with Gasteiger partial charge in [-0.25, -0.2) is 9.78 Å². The molecule has 0 aliphatic heterocycles. The van der Waals surface area contributed by atoms with Crippen molar-refractivity contribution in [1.29, 1.82) is 0 Å². The molecule has 0 saturated heterocycles. The van der Waals surface area contributed by atoms with Gasteiger partial charge in [0, 0.05) is 4.47 Å². The molecule has 1 heterocycles. The van der Waals surface area contributed by atoms with Crippen molar-refractivity contribution >= 4 is 44.8 Å². The fraction of sp³-hybridized carbons (Fsp3) is 0.0909. The lowest BCUT2D eigenvalue weighted by molar-refractivity contribution is 0.0692. The number of aromatic nitrogens is 1. The van der Waals surface area contributed by atoms with E-state index in [9.17, 15) is 4.79 Å². The van der Waals surface area contributed by atoms with Crippen LogP contribution in [0.3, 0.4) is 0 Å². The van der Waals surface area contributed by atoms with Crippen molar-refractivity contribution in [2.24, 2.45) is 0 Å². The van der Waals surface area contributed by atoms with Crippen LogP contribution in [0.15, 0.2) is 22.7 Å². The van der Waals surface area contributed by atoms with Gasteiger partial charge in [0.15, 0.2) is 5.69 Å². The maximum atomic E-state index is 11.1. The molecule has 0 atom stereocenters. The van der Waals surface area contributed by atoms with Gasteiger partial charge in [0.1, 0.15) is 0 Å². The monoisotopic (exact) mass is 331 g/mol. The van der Waals surface area contributed by atoms with E-state index in [2.05, 4.69) is 20.9 Å². The Morgan fingerprint density at radius 3 is 2.82 bits per heavy atom. The van der Waals surface area contributed by atoms with Crippen LogP contribution in [0.1, 0.15) is 15.5 Å². The average molecular weight is 333 g/mol. The van der Waals surface area contributed by atoms with E-state index < -0.39 is 5.97 Å². The summed E-state index contributed by atoms with van der Waals surface area (Å²) in [7, 11) is 0. The number of nitrogens with zero attached hydrogens (tertiary/aromatic N) is 1. The van der Waals surface area contributed by atoms with Gasteiger partial charge in [-0.15, -0.1) is 11.3 Å². The molecular formula is C11H7BrClNO2S. The number of carboxylic acid groups (broad SMARTS) is 1. The van der Waals surface area contributed by atoms with Crippen LogP contribution in [-0.4, -0.2) is 16.1 Å². The first kappa shape index (κ1) is 12.5. The molecular weight excluding hydrogens is 326 g/mol. The number of hydrogen-bond donors (Lipinski definition) is 1. The Morgan fingerprint density at radius 2 is 2.24 bits per heavy atom. The van der Waals surface area contributed by atoms with Gasteiger partial charge in [-0.3, -0.25) is 0 Å². The van der Waals surface area contributed by atoms with Gasteiger partial charge in [-0.05, 0) is 40.5 Å². The van der Waals surface area contributed by atoms with Crippen molar-refractivity contribution in [3.05, 3.63) is 38.4 Å². The molecule has 0 aliphatic carbocycles. The lowest BCUT2D eigenvalue weighted by Crippen LogP contribution is -1.98. The zero-order chi connectivity index (χ0) is 12.6. The highest BCUT2D eigenvalue weighted by Gasteiger charge is 2.17. The van der Waals surface area contributed by atoms with Crippen LogP contribution in [0.25, 0.3) is 10.4 Å². The van der Waals surface area contributed by atoms with Crippen molar-refractivity contribution in [2.45, 2.75) is 6.92 Å². The second-order valence-electron chi connectivity index (χ2n) is 3.34. The Morgan fingerprint density at radius 1 is 1.53 bits per heavy atom. The summed E-state index contributed by atoms with van der Waals surface area (Å²) in [4.78, 5) is 15.7. The zero-order valence-corrected chi connectivity index (χ0v) is 11.9. The highest BCUT2D eigenvalue weighted by Crippen LogP contribution is 2.34. The first-order valence-corrected chi connectivity index (χ1v) is 6.64. The Balaban J connectivity index is 2.59. The molecule has 88 valence electrons. The molecule has 0 bridgehead atoms. The van der Waals surface area contributed by atoms with Gasteiger partial charge >= 0.3 is 5.97 Å². The summed E-state index contributed by atoms with van der Waals surface area (Å²) in [6.07, 6.45) is 0. The molecule has 1 N–H and O–H groups in total. The molecule has 1 aromatic carbocycles. The van der Waals surface area contributed by atoms with E-state index in [4.69, 9.17) is 16.7 Å². The predicted octanol–water partition coefficient (Wildman–Crippen LogP) is 4.23. The number of rotatable bonds is 2. The standard InChI is InChI=1S/C11H7BrClNO2S/c1-5-14-9(11(15)16)10(17-5)6-2-3-7(12)8(13)4-6/h2-4H,1H3,(H,15,16). The van der Waals surface area contributed by atoms with E-state index in [-0.39, 0.29) is 5.69 Å². The molecule has 6 heteroatoms. The Hall–Kier alpha value is -0.910. The molecule has 17 heavy (non-hydrogen) atoms. The molecule has 0 spiro atoms. The summed E-state index contributed by atoms with van der Waals surface area (Å²) >= 11 is 10.6. The summed E-state index contributed by atoms with van der Waals surface area (Å²) in [6.45, 7) is 1.78. The third kappa shape index (κ3) is 2.51. The first-order chi connectivity index (χ1) is 7.99. The SMILES string of the molecule is Cc1nc(C(=O)O)c(-c2ccc(Br)c(Cl)c2)s1. The van der Waals surface area contributed by atoms with Crippen molar-refractivity contribution in [1.82, 2.24) is 4.98 Å². The van der Waals surface area contributed by atoms with Crippen LogP contribution >= 0.6 is 38.9 Å². The smallest absolute Gasteiger partial charge is 0.356 e. The molecule has 0 unspecified atom stereocenters. The summed E-state index contributed by atoms with van der Waals surface area (Å²) in [5.41, 5.74) is 0.840. The normalized spacial score (nSPS) is 10.5. The minimum absolute atomic E-state index is 0.0749. The van der Waals surface area contributed by atoms with Crippen LogP contribution in [0.4, 0.5) is 0 Å². The molecule has 0 fully saturated rings. The third-order valence-electron chi connectivity index (χ3n) is 2.12. The molecule has 0 aliphatic rings. The summed E-state index contributed by atoms with van der Waals surface area (Å²) in [6, 6.07) is 5.33. The maximum Gasteiger partial charge on any atom is 0.356 e. The van der Waals surface area contributed by atoms with Crippen molar-refractivity contribution in [3.8, 4) is 10.4 Å². The Kier molecular flexibility index (Phi) is 3.51. The van der Waals surface area contributed by atoms with Crippen LogP contribution in [0, 0.1) is 6.92 Å². The number of carbonyl (C=O) groups is 1. The van der Waals surface area contributed by atoms with Gasteiger partial charge in [0.25, 0.3) is 0 Å². The van der Waals surface area contributed by atoms with E-state index >= 15 is 0 Å². The minimum Gasteiger partial charge on any atom is -0.476 e. The fourth-order valence-electron chi connectivity index (χ4n) is 1.41. The number of hydrogen-bond acceptors (Lipinski definition) is 3. The molecule has 0 saturated carbocycles. The number of carboxylic acids is 1. The van der Waals surface area contributed by atoms with Crippen LogP contribution in [0.2, 0.25) is 5.02 Å². The maximum absolute atomic E-state index is 11.1. The summed E-state index contributed by atoms with van der Waals surface area (Å²) < 4.78 is 0.779. The quantitative estimate of drug-likeness (QED) is 0.895. The minimum atomic E-state index is -1.02. The van der Waals surface area contributed by atoms with Gasteiger partial charge in [-0.2, -0.15) is 0 Å².